The largest absolute Gasteiger partial charge is 0.503 e. The molecule has 1 aliphatic rings. The minimum Gasteiger partial charge on any atom is -0.503 e. The van der Waals surface area contributed by atoms with E-state index in [4.69, 9.17) is 0 Å². The van der Waals surface area contributed by atoms with E-state index in [2.05, 4.69) is 15.5 Å². The maximum Gasteiger partial charge on any atom is 0.274 e. The van der Waals surface area contributed by atoms with Crippen molar-refractivity contribution in [3.63, 3.8) is 0 Å². The number of amides is 2. The minimum absolute atomic E-state index is 0.0144. The van der Waals surface area contributed by atoms with Gasteiger partial charge in [0.05, 0.1) is 12.1 Å². The lowest BCUT2D eigenvalue weighted by atomic mass is 9.93. The van der Waals surface area contributed by atoms with Crippen LogP contribution in [0.1, 0.15) is 48.8 Å². The summed E-state index contributed by atoms with van der Waals surface area (Å²) in [4.78, 5) is 40.9. The van der Waals surface area contributed by atoms with Crippen LogP contribution in [0.4, 0.5) is 8.78 Å². The Labute approximate surface area is 209 Å². The molecule has 2 aromatic heterocycles. The van der Waals surface area contributed by atoms with Crippen molar-refractivity contribution in [1.82, 2.24) is 25.0 Å². The fourth-order valence-corrected chi connectivity index (χ4v) is 5.04. The standard InChI is InChI=1S/C24H25F2N5O4S/c1-5-27-23(35)24(4)11-30(12(2)3)22(34)18-20(33)19(32)15(10-31(18)24)21-29-28-17(36-21)8-13-6-7-14(25)9-16(13)26/h6-7,9-10,12,33H,5,8,11H2,1-4H3,(H,27,35)/t24-/m0/s1. The Morgan fingerprint density at radius 1 is 1.28 bits per heavy atom. The number of carbonyl (C=O) groups excluding carboxylic acids is 2. The molecule has 0 saturated heterocycles. The Kier molecular flexibility index (Phi) is 6.65. The van der Waals surface area contributed by atoms with Crippen LogP contribution >= 0.6 is 11.3 Å². The summed E-state index contributed by atoms with van der Waals surface area (Å²) in [6.07, 6.45) is 1.35. The van der Waals surface area contributed by atoms with Crippen molar-refractivity contribution in [2.24, 2.45) is 0 Å². The molecule has 190 valence electrons. The van der Waals surface area contributed by atoms with Gasteiger partial charge in [-0.1, -0.05) is 17.4 Å². The SMILES string of the molecule is CCNC(=O)[C@]1(C)CN(C(C)C)C(=O)c2c(O)c(=O)c(-c3nnc(Cc4ccc(F)cc4F)s3)cn21. The predicted molar refractivity (Wildman–Crippen MR) is 129 cm³/mol. The molecule has 9 nitrogen and oxygen atoms in total. The van der Waals surface area contributed by atoms with Crippen LogP contribution in [0.2, 0.25) is 0 Å². The second-order valence-electron chi connectivity index (χ2n) is 9.01. The van der Waals surface area contributed by atoms with Crippen LogP contribution in [0.5, 0.6) is 5.75 Å². The van der Waals surface area contributed by atoms with Crippen LogP contribution in [0.25, 0.3) is 10.6 Å². The van der Waals surface area contributed by atoms with Crippen molar-refractivity contribution in [3.05, 3.63) is 62.5 Å². The van der Waals surface area contributed by atoms with Gasteiger partial charge in [0.2, 0.25) is 11.3 Å². The monoisotopic (exact) mass is 517 g/mol. The summed E-state index contributed by atoms with van der Waals surface area (Å²) in [6.45, 7) is 7.31. The number of aromatic hydroxyl groups is 1. The molecule has 0 radical (unpaired) electrons. The molecule has 4 rings (SSSR count). The number of nitrogens with one attached hydrogen (secondary N) is 1. The lowest BCUT2D eigenvalue weighted by Gasteiger charge is -2.44. The molecule has 1 atom stereocenters. The number of nitrogens with zero attached hydrogens (tertiary/aromatic N) is 4. The molecule has 12 heteroatoms. The second-order valence-corrected chi connectivity index (χ2v) is 10.1. The Bertz CT molecular complexity index is 1420. The highest BCUT2D eigenvalue weighted by atomic mass is 32.1. The molecule has 0 aliphatic carbocycles. The van der Waals surface area contributed by atoms with Crippen LogP contribution in [0, 0.1) is 11.6 Å². The molecule has 36 heavy (non-hydrogen) atoms. The minimum atomic E-state index is -1.33. The third-order valence-electron chi connectivity index (χ3n) is 6.16. The molecule has 0 fully saturated rings. The summed E-state index contributed by atoms with van der Waals surface area (Å²) in [6, 6.07) is 2.92. The number of hydrogen-bond donors (Lipinski definition) is 2. The second kappa shape index (κ2) is 9.41. The molecule has 1 aromatic carbocycles. The maximum atomic E-state index is 14.1. The van der Waals surface area contributed by atoms with Crippen molar-refractivity contribution in [2.75, 3.05) is 13.1 Å². The van der Waals surface area contributed by atoms with Gasteiger partial charge in [0.15, 0.2) is 16.5 Å². The number of carbonyl (C=O) groups is 2. The fourth-order valence-electron chi connectivity index (χ4n) is 4.17. The van der Waals surface area contributed by atoms with Gasteiger partial charge < -0.3 is 19.9 Å². The normalized spacial score (nSPS) is 17.4. The third-order valence-corrected chi connectivity index (χ3v) is 7.12. The highest BCUT2D eigenvalue weighted by molar-refractivity contribution is 7.14. The molecule has 1 aliphatic heterocycles. The summed E-state index contributed by atoms with van der Waals surface area (Å²) in [7, 11) is 0. The van der Waals surface area contributed by atoms with Gasteiger partial charge in [0.25, 0.3) is 5.91 Å². The topological polar surface area (TPSA) is 117 Å². The molecular weight excluding hydrogens is 492 g/mol. The molecule has 0 bridgehead atoms. The van der Waals surface area contributed by atoms with Gasteiger partial charge in [0.1, 0.15) is 22.2 Å². The third kappa shape index (κ3) is 4.25. The summed E-state index contributed by atoms with van der Waals surface area (Å²) in [5.74, 6) is -3.18. The predicted octanol–water partition coefficient (Wildman–Crippen LogP) is 2.66. The van der Waals surface area contributed by atoms with E-state index in [1.807, 2.05) is 0 Å². The van der Waals surface area contributed by atoms with Gasteiger partial charge in [-0.15, -0.1) is 10.2 Å². The van der Waals surface area contributed by atoms with E-state index < -0.39 is 34.3 Å². The maximum absolute atomic E-state index is 14.1. The van der Waals surface area contributed by atoms with Gasteiger partial charge in [0, 0.05) is 31.3 Å². The van der Waals surface area contributed by atoms with E-state index in [9.17, 15) is 28.3 Å². The molecule has 0 unspecified atom stereocenters. The van der Waals surface area contributed by atoms with Crippen LogP contribution in [0.3, 0.4) is 0 Å². The molecule has 3 aromatic rings. The zero-order chi connectivity index (χ0) is 26.4. The molecular formula is C24H25F2N5O4S. The average molecular weight is 518 g/mol. The van der Waals surface area contributed by atoms with Crippen molar-refractivity contribution < 1.29 is 23.5 Å². The Hall–Kier alpha value is -3.67. The smallest absolute Gasteiger partial charge is 0.274 e. The van der Waals surface area contributed by atoms with Crippen molar-refractivity contribution >= 4 is 23.2 Å². The molecule has 0 spiro atoms. The Morgan fingerprint density at radius 3 is 2.64 bits per heavy atom. The van der Waals surface area contributed by atoms with E-state index in [0.29, 0.717) is 11.6 Å². The Morgan fingerprint density at radius 2 is 2.00 bits per heavy atom. The van der Waals surface area contributed by atoms with Gasteiger partial charge >= 0.3 is 0 Å². The van der Waals surface area contributed by atoms with E-state index in [1.165, 1.54) is 21.7 Å². The number of pyridine rings is 1. The van der Waals surface area contributed by atoms with Crippen molar-refractivity contribution in [2.45, 2.75) is 45.7 Å². The number of rotatable bonds is 6. The Balaban J connectivity index is 1.83. The number of aromatic nitrogens is 3. The number of benzene rings is 1. The van der Waals surface area contributed by atoms with E-state index >= 15 is 0 Å². The van der Waals surface area contributed by atoms with Crippen LogP contribution in [-0.2, 0) is 16.8 Å². The first-order valence-corrected chi connectivity index (χ1v) is 12.1. The molecule has 0 saturated carbocycles. The van der Waals surface area contributed by atoms with E-state index in [0.717, 1.165) is 23.5 Å². The highest BCUT2D eigenvalue weighted by Crippen LogP contribution is 2.34. The zero-order valence-electron chi connectivity index (χ0n) is 20.1. The van der Waals surface area contributed by atoms with Gasteiger partial charge in [-0.3, -0.25) is 14.4 Å². The first-order chi connectivity index (χ1) is 17.0. The van der Waals surface area contributed by atoms with Gasteiger partial charge in [-0.25, -0.2) is 8.78 Å². The molecule has 2 N–H and O–H groups in total. The van der Waals surface area contributed by atoms with Crippen molar-refractivity contribution in [3.8, 4) is 16.3 Å². The summed E-state index contributed by atoms with van der Waals surface area (Å²) in [5, 5.41) is 22.1. The van der Waals surface area contributed by atoms with Crippen LogP contribution in [-0.4, -0.2) is 55.7 Å². The zero-order valence-corrected chi connectivity index (χ0v) is 20.9. The van der Waals surface area contributed by atoms with Crippen LogP contribution in [0.15, 0.2) is 29.2 Å². The molecule has 2 amide bonds. The first-order valence-electron chi connectivity index (χ1n) is 11.3. The van der Waals surface area contributed by atoms with Gasteiger partial charge in [-0.2, -0.15) is 0 Å². The lowest BCUT2D eigenvalue weighted by Crippen LogP contribution is -2.61. The number of halogens is 2. The average Bonchev–Trinajstić information content (AvgIpc) is 3.28. The quantitative estimate of drug-likeness (QED) is 0.519. The first kappa shape index (κ1) is 25.4. The lowest BCUT2D eigenvalue weighted by molar-refractivity contribution is -0.130. The highest BCUT2D eigenvalue weighted by Gasteiger charge is 2.47. The van der Waals surface area contributed by atoms with E-state index in [-0.39, 0.29) is 46.7 Å². The van der Waals surface area contributed by atoms with Crippen LogP contribution < -0.4 is 10.7 Å². The number of hydrogen-bond acceptors (Lipinski definition) is 7. The van der Waals surface area contributed by atoms with E-state index in [1.54, 1.807) is 27.7 Å². The fraction of sp³-hybridized carbons (Fsp3) is 0.375. The molecule has 3 heterocycles. The number of likely N-dealkylation sites (N-methyl/N-ethyl adjacent to an activating group) is 1. The number of fused-ring (bicyclic) bond motifs is 1. The summed E-state index contributed by atoms with van der Waals surface area (Å²) in [5.41, 5.74) is -2.30. The van der Waals surface area contributed by atoms with Gasteiger partial charge in [-0.05, 0) is 39.3 Å². The summed E-state index contributed by atoms with van der Waals surface area (Å²) >= 11 is 0.989. The van der Waals surface area contributed by atoms with Crippen molar-refractivity contribution in [1.29, 1.82) is 0 Å². The summed E-state index contributed by atoms with van der Waals surface area (Å²) < 4.78 is 28.6.